The van der Waals surface area contributed by atoms with Gasteiger partial charge in [-0.1, -0.05) is 24.3 Å². The van der Waals surface area contributed by atoms with E-state index in [0.29, 0.717) is 17.1 Å². The first kappa shape index (κ1) is 20.0. The summed E-state index contributed by atoms with van der Waals surface area (Å²) in [5, 5.41) is 30.5. The summed E-state index contributed by atoms with van der Waals surface area (Å²) in [5.74, 6) is 0.493. The second-order valence-electron chi connectivity index (χ2n) is 7.22. The molecule has 2 aromatic heterocycles. The number of nitrogens with zero attached hydrogens (tertiary/aromatic N) is 5. The highest BCUT2D eigenvalue weighted by Crippen LogP contribution is 2.32. The number of likely N-dealkylation sites (tertiary alicyclic amines) is 1. The third kappa shape index (κ3) is 4.63. The van der Waals surface area contributed by atoms with Gasteiger partial charge in [-0.05, 0) is 48.6 Å². The highest BCUT2D eigenvalue weighted by Gasteiger charge is 2.27. The van der Waals surface area contributed by atoms with Crippen LogP contribution in [0.15, 0.2) is 54.9 Å². The van der Waals surface area contributed by atoms with E-state index in [4.69, 9.17) is 10.2 Å². The van der Waals surface area contributed by atoms with Crippen molar-refractivity contribution < 1.29 is 10.0 Å². The fourth-order valence-corrected chi connectivity index (χ4v) is 3.66. The van der Waals surface area contributed by atoms with Gasteiger partial charge in [0, 0.05) is 12.7 Å². The molecule has 9 heteroatoms. The number of hydrogen-bond donors (Lipinski definition) is 3. The number of pyridine rings is 1. The Balaban J connectivity index is 1.47. The molecule has 0 unspecified atom stereocenters. The SMILES string of the molecule is N#Cc1ccc(Nc2nccc([C@@H]3CCCN3Cc3ccc(B(O)O)cc3)n2)cn1. The second kappa shape index (κ2) is 9.01. The number of benzene rings is 1. The fourth-order valence-electron chi connectivity index (χ4n) is 3.66. The zero-order valence-corrected chi connectivity index (χ0v) is 16.3. The van der Waals surface area contributed by atoms with E-state index < -0.39 is 7.12 Å². The average Bonchev–Trinajstić information content (AvgIpc) is 3.23. The maximum Gasteiger partial charge on any atom is 0.488 e. The summed E-state index contributed by atoms with van der Waals surface area (Å²) >= 11 is 0. The fraction of sp³-hybridized carbons (Fsp3) is 0.238. The number of aromatic nitrogens is 3. The van der Waals surface area contributed by atoms with Gasteiger partial charge in [0.25, 0.3) is 0 Å². The summed E-state index contributed by atoms with van der Waals surface area (Å²) < 4.78 is 0. The lowest BCUT2D eigenvalue weighted by Crippen LogP contribution is -2.30. The lowest BCUT2D eigenvalue weighted by atomic mass is 9.80. The smallest absolute Gasteiger partial charge is 0.423 e. The van der Waals surface area contributed by atoms with Crippen LogP contribution in [0.25, 0.3) is 0 Å². The van der Waals surface area contributed by atoms with Crippen LogP contribution in [0.1, 0.15) is 35.8 Å². The number of nitriles is 1. The van der Waals surface area contributed by atoms with Crippen molar-refractivity contribution in [3.05, 3.63) is 71.8 Å². The minimum absolute atomic E-state index is 0.191. The second-order valence-corrected chi connectivity index (χ2v) is 7.22. The van der Waals surface area contributed by atoms with Crippen LogP contribution in [0.2, 0.25) is 0 Å². The normalized spacial score (nSPS) is 16.2. The lowest BCUT2D eigenvalue weighted by molar-refractivity contribution is 0.244. The number of hydrogen-bond acceptors (Lipinski definition) is 8. The van der Waals surface area contributed by atoms with Crippen molar-refractivity contribution in [1.29, 1.82) is 5.26 Å². The topological polar surface area (TPSA) is 118 Å². The molecule has 3 heterocycles. The molecule has 0 saturated carbocycles. The minimum atomic E-state index is -1.45. The molecule has 1 aliphatic rings. The molecule has 0 aliphatic carbocycles. The van der Waals surface area contributed by atoms with E-state index in [9.17, 15) is 10.0 Å². The Labute approximate surface area is 175 Å². The molecule has 1 atom stereocenters. The minimum Gasteiger partial charge on any atom is -0.423 e. The van der Waals surface area contributed by atoms with Gasteiger partial charge in [0.2, 0.25) is 5.95 Å². The molecule has 0 spiro atoms. The molecule has 30 heavy (non-hydrogen) atoms. The van der Waals surface area contributed by atoms with Gasteiger partial charge < -0.3 is 15.4 Å². The molecule has 3 aromatic rings. The van der Waals surface area contributed by atoms with Crippen LogP contribution in [0.5, 0.6) is 0 Å². The van der Waals surface area contributed by atoms with E-state index in [1.54, 1.807) is 36.7 Å². The summed E-state index contributed by atoms with van der Waals surface area (Å²) in [7, 11) is -1.45. The zero-order valence-electron chi connectivity index (χ0n) is 16.3. The monoisotopic (exact) mass is 400 g/mol. The average molecular weight is 400 g/mol. The predicted molar refractivity (Wildman–Crippen MR) is 113 cm³/mol. The predicted octanol–water partition coefficient (Wildman–Crippen LogP) is 1.50. The van der Waals surface area contributed by atoms with Crippen LogP contribution in [0, 0.1) is 11.3 Å². The summed E-state index contributed by atoms with van der Waals surface area (Å²) in [6.07, 6.45) is 5.44. The van der Waals surface area contributed by atoms with E-state index in [2.05, 4.69) is 20.2 Å². The molecule has 1 saturated heterocycles. The van der Waals surface area contributed by atoms with Crippen LogP contribution < -0.4 is 10.8 Å². The molecular weight excluding hydrogens is 379 g/mol. The van der Waals surface area contributed by atoms with Crippen LogP contribution in [-0.4, -0.2) is 43.6 Å². The highest BCUT2D eigenvalue weighted by molar-refractivity contribution is 6.58. The third-order valence-electron chi connectivity index (χ3n) is 5.18. The van der Waals surface area contributed by atoms with E-state index in [0.717, 1.165) is 42.9 Å². The van der Waals surface area contributed by atoms with Gasteiger partial charge >= 0.3 is 7.12 Å². The van der Waals surface area contributed by atoms with Gasteiger partial charge in [-0.3, -0.25) is 4.90 Å². The Morgan fingerprint density at radius 1 is 1.13 bits per heavy atom. The van der Waals surface area contributed by atoms with Crippen molar-refractivity contribution in [2.45, 2.75) is 25.4 Å². The number of anilines is 2. The van der Waals surface area contributed by atoms with Crippen molar-refractivity contribution in [3.8, 4) is 6.07 Å². The summed E-state index contributed by atoms with van der Waals surface area (Å²) in [4.78, 5) is 15.4. The molecule has 3 N–H and O–H groups in total. The van der Waals surface area contributed by atoms with Crippen LogP contribution in [0.3, 0.4) is 0 Å². The first-order valence-corrected chi connectivity index (χ1v) is 9.77. The molecule has 0 radical (unpaired) electrons. The number of nitrogens with one attached hydrogen (secondary N) is 1. The maximum atomic E-state index is 9.25. The Hall–Kier alpha value is -3.32. The van der Waals surface area contributed by atoms with Crippen LogP contribution >= 0.6 is 0 Å². The highest BCUT2D eigenvalue weighted by atomic mass is 16.4. The molecule has 1 aromatic carbocycles. The van der Waals surface area contributed by atoms with Crippen molar-refractivity contribution >= 4 is 24.2 Å². The Kier molecular flexibility index (Phi) is 6.00. The van der Waals surface area contributed by atoms with Crippen LogP contribution in [-0.2, 0) is 6.54 Å². The van der Waals surface area contributed by atoms with E-state index in [1.165, 1.54) is 0 Å². The molecule has 1 fully saturated rings. The van der Waals surface area contributed by atoms with E-state index in [-0.39, 0.29) is 6.04 Å². The summed E-state index contributed by atoms with van der Waals surface area (Å²) in [6, 6.07) is 14.9. The quantitative estimate of drug-likeness (QED) is 0.533. The van der Waals surface area contributed by atoms with Crippen LogP contribution in [0.4, 0.5) is 11.6 Å². The van der Waals surface area contributed by atoms with Crippen molar-refractivity contribution in [1.82, 2.24) is 19.9 Å². The maximum absolute atomic E-state index is 9.25. The third-order valence-corrected chi connectivity index (χ3v) is 5.18. The molecule has 4 rings (SSSR count). The first-order valence-electron chi connectivity index (χ1n) is 9.77. The van der Waals surface area contributed by atoms with Crippen molar-refractivity contribution in [2.75, 3.05) is 11.9 Å². The molecule has 0 bridgehead atoms. The Morgan fingerprint density at radius 3 is 2.67 bits per heavy atom. The molecule has 150 valence electrons. The summed E-state index contributed by atoms with van der Waals surface area (Å²) in [5.41, 5.74) is 3.64. The van der Waals surface area contributed by atoms with E-state index >= 15 is 0 Å². The molecule has 0 amide bonds. The van der Waals surface area contributed by atoms with Crippen molar-refractivity contribution in [3.63, 3.8) is 0 Å². The van der Waals surface area contributed by atoms with Gasteiger partial charge in [0.05, 0.1) is 23.6 Å². The Morgan fingerprint density at radius 2 is 1.97 bits per heavy atom. The molecular formula is C21H21BN6O2. The standard InChI is InChI=1S/C21H21BN6O2/c23-12-17-7-8-18(13-25-17)26-21-24-10-9-19(27-21)20-2-1-11-28(20)14-15-3-5-16(6-4-15)22(29)30/h3-10,13,20,29-30H,1-2,11,14H2,(H,24,26,27)/t20-/m0/s1. The van der Waals surface area contributed by atoms with Gasteiger partial charge in [-0.25, -0.2) is 15.0 Å². The molecule has 1 aliphatic heterocycles. The number of rotatable bonds is 6. The van der Waals surface area contributed by atoms with Gasteiger partial charge in [-0.15, -0.1) is 0 Å². The molecule has 8 nitrogen and oxygen atoms in total. The Bertz CT molecular complexity index is 1040. The summed E-state index contributed by atoms with van der Waals surface area (Å²) in [6.45, 7) is 1.74. The van der Waals surface area contributed by atoms with E-state index in [1.807, 2.05) is 24.3 Å². The largest absolute Gasteiger partial charge is 0.488 e. The first-order chi connectivity index (χ1) is 14.6. The lowest BCUT2D eigenvalue weighted by Gasteiger charge is -2.24. The zero-order chi connectivity index (χ0) is 20.9. The van der Waals surface area contributed by atoms with Crippen molar-refractivity contribution in [2.24, 2.45) is 0 Å². The van der Waals surface area contributed by atoms with Gasteiger partial charge in [0.1, 0.15) is 11.8 Å². The van der Waals surface area contributed by atoms with Gasteiger partial charge in [0.15, 0.2) is 0 Å². The van der Waals surface area contributed by atoms with Gasteiger partial charge in [-0.2, -0.15) is 5.26 Å².